The highest BCUT2D eigenvalue weighted by Gasteiger charge is 2.31. The molecule has 2 heterocycles. The summed E-state index contributed by atoms with van der Waals surface area (Å²) in [7, 11) is 0. The van der Waals surface area contributed by atoms with Crippen molar-refractivity contribution in [3.63, 3.8) is 0 Å². The predicted molar refractivity (Wildman–Crippen MR) is 143 cm³/mol. The van der Waals surface area contributed by atoms with Gasteiger partial charge in [-0.05, 0) is 66.9 Å². The van der Waals surface area contributed by atoms with E-state index in [1.54, 1.807) is 36.4 Å². The molecule has 3 N–H and O–H groups in total. The van der Waals surface area contributed by atoms with Gasteiger partial charge in [0.2, 0.25) is 0 Å². The number of amides is 2. The lowest BCUT2D eigenvalue weighted by Crippen LogP contribution is -2.30. The third-order valence-corrected chi connectivity index (χ3v) is 6.49. The number of hydrogen-bond donors (Lipinski definition) is 3. The Morgan fingerprint density at radius 1 is 1.00 bits per heavy atom. The van der Waals surface area contributed by atoms with Crippen LogP contribution in [0.25, 0.3) is 22.3 Å². The van der Waals surface area contributed by atoms with E-state index in [9.17, 15) is 19.1 Å². The van der Waals surface area contributed by atoms with Crippen molar-refractivity contribution in [3.8, 4) is 17.0 Å². The van der Waals surface area contributed by atoms with Crippen LogP contribution in [-0.2, 0) is 6.54 Å². The van der Waals surface area contributed by atoms with E-state index in [0.717, 1.165) is 24.1 Å². The van der Waals surface area contributed by atoms with Gasteiger partial charge < -0.3 is 15.7 Å². The van der Waals surface area contributed by atoms with Gasteiger partial charge in [-0.1, -0.05) is 24.3 Å². The molecule has 2 amide bonds. The van der Waals surface area contributed by atoms with Crippen molar-refractivity contribution in [1.29, 1.82) is 0 Å². The fourth-order valence-corrected chi connectivity index (χ4v) is 4.30. The van der Waals surface area contributed by atoms with Gasteiger partial charge in [-0.25, -0.2) is 14.2 Å². The number of anilines is 1. The molecule has 1 saturated carbocycles. The van der Waals surface area contributed by atoms with Crippen LogP contribution >= 0.6 is 0 Å². The Hall–Kier alpha value is -5.12. The van der Waals surface area contributed by atoms with Gasteiger partial charge in [0, 0.05) is 23.7 Å². The zero-order valence-corrected chi connectivity index (χ0v) is 20.6. The van der Waals surface area contributed by atoms with Crippen LogP contribution < -0.4 is 10.6 Å². The fourth-order valence-electron chi connectivity index (χ4n) is 4.30. The minimum Gasteiger partial charge on any atom is -0.507 e. The van der Waals surface area contributed by atoms with Crippen molar-refractivity contribution >= 4 is 28.7 Å². The van der Waals surface area contributed by atoms with Crippen LogP contribution in [0, 0.1) is 5.82 Å². The van der Waals surface area contributed by atoms with Gasteiger partial charge in [0.1, 0.15) is 17.3 Å². The van der Waals surface area contributed by atoms with Crippen LogP contribution in [0.2, 0.25) is 0 Å². The molecule has 39 heavy (non-hydrogen) atoms. The van der Waals surface area contributed by atoms with E-state index in [2.05, 4.69) is 25.7 Å². The van der Waals surface area contributed by atoms with Crippen molar-refractivity contribution in [2.24, 2.45) is 0 Å². The van der Waals surface area contributed by atoms with E-state index in [-0.39, 0.29) is 29.7 Å². The molecule has 0 bridgehead atoms. The van der Waals surface area contributed by atoms with E-state index >= 15 is 0 Å². The number of benzene rings is 3. The van der Waals surface area contributed by atoms with Crippen LogP contribution in [0.3, 0.4) is 0 Å². The number of phenols is 1. The van der Waals surface area contributed by atoms with Gasteiger partial charge in [0.25, 0.3) is 5.91 Å². The molecular formula is C29H23FN6O3. The summed E-state index contributed by atoms with van der Waals surface area (Å²) in [4.78, 5) is 34.5. The molecule has 0 atom stereocenters. The third-order valence-electron chi connectivity index (χ3n) is 6.49. The lowest BCUT2D eigenvalue weighted by atomic mass is 10.1. The number of halogens is 1. The predicted octanol–water partition coefficient (Wildman–Crippen LogP) is 5.23. The Bertz CT molecular complexity index is 1710. The number of fused-ring (bicyclic) bond motifs is 1. The number of nitrogens with zero attached hydrogens (tertiary/aromatic N) is 4. The molecule has 3 aromatic carbocycles. The number of hydrogen-bond acceptors (Lipinski definition) is 6. The molecule has 0 saturated heterocycles. The molecule has 0 spiro atoms. The summed E-state index contributed by atoms with van der Waals surface area (Å²) >= 11 is 0. The maximum atomic E-state index is 13.2. The first kappa shape index (κ1) is 24.2. The molecule has 2 aromatic heterocycles. The maximum absolute atomic E-state index is 13.2. The standard InChI is InChI=1S/C29H23FN6O3/c30-19-9-5-17(6-10-19)15-32-29(39)36-26(18-7-8-18)14-24(35-36)21-13-20(11-12-27(21)37)33-28(38)25-16-31-22-3-1-2-4-23(22)34-25/h1-6,9-14,16,18,37H,7-8,15H2,(H,32,39)(H,33,38). The minimum absolute atomic E-state index is 0.0442. The molecule has 1 aliphatic rings. The molecule has 6 rings (SSSR count). The number of aromatic nitrogens is 4. The minimum atomic E-state index is -0.450. The number of phenolic OH excluding ortho intramolecular Hbond substituents is 1. The molecule has 0 radical (unpaired) electrons. The van der Waals surface area contributed by atoms with Gasteiger partial charge in [-0.2, -0.15) is 9.78 Å². The summed E-state index contributed by atoms with van der Waals surface area (Å²) in [5.41, 5.74) is 4.12. The van der Waals surface area contributed by atoms with E-state index in [0.29, 0.717) is 28.0 Å². The van der Waals surface area contributed by atoms with Gasteiger partial charge in [0.15, 0.2) is 0 Å². The maximum Gasteiger partial charge on any atom is 0.342 e. The first-order valence-electron chi connectivity index (χ1n) is 12.4. The van der Waals surface area contributed by atoms with Gasteiger partial charge in [-0.3, -0.25) is 9.78 Å². The summed E-state index contributed by atoms with van der Waals surface area (Å²) in [5, 5.41) is 20.7. The van der Waals surface area contributed by atoms with Crippen LogP contribution in [-0.4, -0.2) is 36.8 Å². The second kappa shape index (κ2) is 9.97. The van der Waals surface area contributed by atoms with Gasteiger partial charge in [-0.15, -0.1) is 0 Å². The molecular weight excluding hydrogens is 499 g/mol. The molecule has 0 aliphatic heterocycles. The monoisotopic (exact) mass is 522 g/mol. The van der Waals surface area contributed by atoms with E-state index in [1.807, 2.05) is 18.2 Å². The van der Waals surface area contributed by atoms with Crippen molar-refractivity contribution in [2.45, 2.75) is 25.3 Å². The van der Waals surface area contributed by atoms with Crippen molar-refractivity contribution in [2.75, 3.05) is 5.32 Å². The first-order valence-corrected chi connectivity index (χ1v) is 12.4. The molecule has 0 unspecified atom stereocenters. The lowest BCUT2D eigenvalue weighted by molar-refractivity contribution is 0.102. The van der Waals surface area contributed by atoms with Crippen molar-refractivity contribution in [1.82, 2.24) is 25.1 Å². The SMILES string of the molecule is O=C(Nc1ccc(O)c(-c2cc(C3CC3)n(C(=O)NCc3ccc(F)cc3)n2)c1)c1cnc2ccccc2n1. The Morgan fingerprint density at radius 2 is 1.77 bits per heavy atom. The molecule has 1 aliphatic carbocycles. The summed E-state index contributed by atoms with van der Waals surface area (Å²) in [6.07, 6.45) is 3.28. The number of aromatic hydroxyl groups is 1. The Balaban J connectivity index is 1.24. The quantitative estimate of drug-likeness (QED) is 0.263. The molecule has 10 heteroatoms. The first-order chi connectivity index (χ1) is 18.9. The highest BCUT2D eigenvalue weighted by Crippen LogP contribution is 2.42. The average Bonchev–Trinajstić information content (AvgIpc) is 3.71. The number of carbonyl (C=O) groups is 2. The molecule has 9 nitrogen and oxygen atoms in total. The molecule has 194 valence electrons. The zero-order valence-electron chi connectivity index (χ0n) is 20.6. The van der Waals surface area contributed by atoms with Crippen LogP contribution in [0.5, 0.6) is 5.75 Å². The lowest BCUT2D eigenvalue weighted by Gasteiger charge is -2.09. The Kier molecular flexibility index (Phi) is 6.20. The van der Waals surface area contributed by atoms with Crippen LogP contribution in [0.4, 0.5) is 14.9 Å². The summed E-state index contributed by atoms with van der Waals surface area (Å²) in [6, 6.07) is 19.1. The molecule has 1 fully saturated rings. The highest BCUT2D eigenvalue weighted by atomic mass is 19.1. The average molecular weight is 523 g/mol. The Labute approximate surface area is 222 Å². The summed E-state index contributed by atoms with van der Waals surface area (Å²) < 4.78 is 14.5. The second-order valence-corrected chi connectivity index (χ2v) is 9.36. The smallest absolute Gasteiger partial charge is 0.342 e. The highest BCUT2D eigenvalue weighted by molar-refractivity contribution is 6.04. The van der Waals surface area contributed by atoms with Gasteiger partial charge in [0.05, 0.1) is 28.6 Å². The number of rotatable bonds is 6. The normalized spacial score (nSPS) is 12.8. The van der Waals surface area contributed by atoms with Crippen molar-refractivity contribution in [3.05, 3.63) is 102 Å². The zero-order chi connectivity index (χ0) is 26.9. The largest absolute Gasteiger partial charge is 0.507 e. The molecule has 5 aromatic rings. The number of carbonyl (C=O) groups excluding carboxylic acids is 2. The van der Waals surface area contributed by atoms with E-state index < -0.39 is 11.9 Å². The summed E-state index contributed by atoms with van der Waals surface area (Å²) in [5.74, 6) is -0.646. The van der Waals surface area contributed by atoms with E-state index in [1.165, 1.54) is 29.1 Å². The Morgan fingerprint density at radius 3 is 2.54 bits per heavy atom. The van der Waals surface area contributed by atoms with E-state index in [4.69, 9.17) is 0 Å². The van der Waals surface area contributed by atoms with Crippen LogP contribution in [0.15, 0.2) is 79.0 Å². The van der Waals surface area contributed by atoms with Crippen molar-refractivity contribution < 1.29 is 19.1 Å². The second-order valence-electron chi connectivity index (χ2n) is 9.36. The number of nitrogens with one attached hydrogen (secondary N) is 2. The van der Waals surface area contributed by atoms with Gasteiger partial charge >= 0.3 is 6.03 Å². The van der Waals surface area contributed by atoms with Crippen LogP contribution in [0.1, 0.15) is 40.5 Å². The topological polar surface area (TPSA) is 122 Å². The third kappa shape index (κ3) is 5.17. The summed E-state index contributed by atoms with van der Waals surface area (Å²) in [6.45, 7) is 0.211. The fraction of sp³-hybridized carbons (Fsp3) is 0.138. The number of para-hydroxylation sites is 2.